The van der Waals surface area contributed by atoms with Crippen molar-refractivity contribution in [2.24, 2.45) is 0 Å². The van der Waals surface area contributed by atoms with E-state index in [9.17, 15) is 14.9 Å². The van der Waals surface area contributed by atoms with Crippen molar-refractivity contribution >= 4 is 28.9 Å². The maximum atomic E-state index is 12.5. The lowest BCUT2D eigenvalue weighted by Gasteiger charge is -2.36. The lowest BCUT2D eigenvalue weighted by atomic mass is 10.1. The number of hydrogen-bond donors (Lipinski definition) is 0. The van der Waals surface area contributed by atoms with E-state index in [-0.39, 0.29) is 11.6 Å². The first-order valence-electron chi connectivity index (χ1n) is 7.59. The molecule has 1 fully saturated rings. The van der Waals surface area contributed by atoms with E-state index in [0.29, 0.717) is 36.8 Å². The number of hydrogen-bond acceptors (Lipinski definition) is 4. The van der Waals surface area contributed by atoms with Crippen molar-refractivity contribution in [1.82, 2.24) is 4.90 Å². The Morgan fingerprint density at radius 2 is 1.75 bits per heavy atom. The number of nitro groups is 1. The first-order chi connectivity index (χ1) is 11.6. The summed E-state index contributed by atoms with van der Waals surface area (Å²) in [5.74, 6) is -0.183. The summed E-state index contributed by atoms with van der Waals surface area (Å²) in [5.41, 5.74) is 1.23. The van der Waals surface area contributed by atoms with Gasteiger partial charge in [-0.05, 0) is 18.2 Å². The van der Waals surface area contributed by atoms with E-state index >= 15 is 0 Å². The molecule has 1 aliphatic rings. The minimum atomic E-state index is -0.494. The molecule has 0 saturated carbocycles. The van der Waals surface area contributed by atoms with Crippen LogP contribution in [-0.2, 0) is 0 Å². The lowest BCUT2D eigenvalue weighted by molar-refractivity contribution is -0.384. The molecule has 124 valence electrons. The number of piperazine rings is 1. The molecule has 0 N–H and O–H groups in total. The summed E-state index contributed by atoms with van der Waals surface area (Å²) in [6, 6.07) is 13.5. The summed E-state index contributed by atoms with van der Waals surface area (Å²) in [6.45, 7) is 2.44. The first-order valence-corrected chi connectivity index (χ1v) is 7.97. The quantitative estimate of drug-likeness (QED) is 0.633. The van der Waals surface area contributed by atoms with E-state index in [2.05, 4.69) is 4.90 Å². The Bertz CT molecular complexity index is 773. The summed E-state index contributed by atoms with van der Waals surface area (Å²) in [6.07, 6.45) is 0. The van der Waals surface area contributed by atoms with Gasteiger partial charge in [0.05, 0.1) is 15.6 Å². The number of carbonyl (C=O) groups is 1. The molecule has 24 heavy (non-hydrogen) atoms. The molecule has 0 atom stereocenters. The topological polar surface area (TPSA) is 66.7 Å². The van der Waals surface area contributed by atoms with Crippen molar-refractivity contribution in [3.63, 3.8) is 0 Å². The van der Waals surface area contributed by atoms with E-state index in [0.717, 1.165) is 5.69 Å². The van der Waals surface area contributed by atoms with Crippen LogP contribution in [-0.4, -0.2) is 41.9 Å². The predicted octanol–water partition coefficient (Wildman–Crippen LogP) is 3.21. The van der Waals surface area contributed by atoms with Gasteiger partial charge in [0.25, 0.3) is 11.6 Å². The fourth-order valence-electron chi connectivity index (χ4n) is 2.79. The van der Waals surface area contributed by atoms with Crippen molar-refractivity contribution in [3.05, 3.63) is 69.2 Å². The monoisotopic (exact) mass is 345 g/mol. The second-order valence-electron chi connectivity index (χ2n) is 5.54. The Morgan fingerprint density at radius 1 is 1.04 bits per heavy atom. The van der Waals surface area contributed by atoms with Gasteiger partial charge in [-0.3, -0.25) is 14.9 Å². The van der Waals surface area contributed by atoms with E-state index in [1.807, 2.05) is 24.3 Å². The average molecular weight is 346 g/mol. The number of carbonyl (C=O) groups excluding carboxylic acids is 1. The zero-order chi connectivity index (χ0) is 17.1. The molecular formula is C17H16ClN3O3. The minimum Gasteiger partial charge on any atom is -0.367 e. The molecular weight excluding hydrogens is 330 g/mol. The summed E-state index contributed by atoms with van der Waals surface area (Å²) < 4.78 is 0. The minimum absolute atomic E-state index is 0.0736. The van der Waals surface area contributed by atoms with Gasteiger partial charge in [-0.15, -0.1) is 0 Å². The van der Waals surface area contributed by atoms with Crippen molar-refractivity contribution in [1.29, 1.82) is 0 Å². The number of nitro benzene ring substituents is 1. The third-order valence-electron chi connectivity index (χ3n) is 4.06. The fraction of sp³-hybridized carbons (Fsp3) is 0.235. The molecule has 7 heteroatoms. The molecule has 0 aliphatic carbocycles. The van der Waals surface area contributed by atoms with Crippen molar-refractivity contribution in [2.75, 3.05) is 31.1 Å². The Balaban J connectivity index is 1.68. The molecule has 1 aliphatic heterocycles. The maximum absolute atomic E-state index is 12.5. The first kappa shape index (κ1) is 16.3. The second-order valence-corrected chi connectivity index (χ2v) is 5.95. The van der Waals surface area contributed by atoms with Crippen LogP contribution >= 0.6 is 11.6 Å². The van der Waals surface area contributed by atoms with Crippen LogP contribution in [0.1, 0.15) is 10.4 Å². The summed E-state index contributed by atoms with van der Waals surface area (Å²) >= 11 is 6.21. The summed E-state index contributed by atoms with van der Waals surface area (Å²) in [5, 5.41) is 11.5. The molecule has 6 nitrogen and oxygen atoms in total. The summed E-state index contributed by atoms with van der Waals surface area (Å²) in [7, 11) is 0. The van der Waals surface area contributed by atoms with Gasteiger partial charge < -0.3 is 9.80 Å². The van der Waals surface area contributed by atoms with E-state index in [1.54, 1.807) is 11.0 Å². The van der Waals surface area contributed by atoms with Gasteiger partial charge in [-0.2, -0.15) is 0 Å². The maximum Gasteiger partial charge on any atom is 0.270 e. The number of rotatable bonds is 3. The van der Waals surface area contributed by atoms with Crippen LogP contribution in [0.2, 0.25) is 5.02 Å². The fourth-order valence-corrected chi connectivity index (χ4v) is 3.05. The Labute approximate surface area is 144 Å². The van der Waals surface area contributed by atoms with Crippen LogP contribution in [0, 0.1) is 10.1 Å². The predicted molar refractivity (Wildman–Crippen MR) is 92.7 cm³/mol. The molecule has 0 radical (unpaired) electrons. The largest absolute Gasteiger partial charge is 0.367 e. The third-order valence-corrected chi connectivity index (χ3v) is 4.38. The molecule has 0 unspecified atom stereocenters. The molecule has 1 amide bonds. The molecule has 0 spiro atoms. The van der Waals surface area contributed by atoms with Crippen molar-refractivity contribution in [2.45, 2.75) is 0 Å². The SMILES string of the molecule is O=C(c1cccc([N+](=O)[O-])c1)N1CCN(c2ccccc2Cl)CC1. The molecule has 0 bridgehead atoms. The molecule has 2 aromatic carbocycles. The van der Waals surface area contributed by atoms with Crippen molar-refractivity contribution in [3.8, 4) is 0 Å². The molecule has 0 aromatic heterocycles. The van der Waals surface area contributed by atoms with Crippen LogP contribution in [0.15, 0.2) is 48.5 Å². The van der Waals surface area contributed by atoms with Crippen LogP contribution < -0.4 is 4.90 Å². The van der Waals surface area contributed by atoms with E-state index < -0.39 is 4.92 Å². The normalized spacial score (nSPS) is 14.5. The average Bonchev–Trinajstić information content (AvgIpc) is 2.62. The highest BCUT2D eigenvalue weighted by atomic mass is 35.5. The van der Waals surface area contributed by atoms with Gasteiger partial charge in [0.1, 0.15) is 0 Å². The molecule has 1 heterocycles. The van der Waals surface area contributed by atoms with Gasteiger partial charge in [0, 0.05) is 43.9 Å². The van der Waals surface area contributed by atoms with Gasteiger partial charge in [0.15, 0.2) is 0 Å². The number of non-ortho nitro benzene ring substituents is 1. The Kier molecular flexibility index (Phi) is 4.66. The number of para-hydroxylation sites is 1. The van der Waals surface area contributed by atoms with Gasteiger partial charge >= 0.3 is 0 Å². The lowest BCUT2D eigenvalue weighted by Crippen LogP contribution is -2.48. The van der Waals surface area contributed by atoms with Gasteiger partial charge in [-0.25, -0.2) is 0 Å². The molecule has 2 aromatic rings. The standard InChI is InChI=1S/C17H16ClN3O3/c18-15-6-1-2-7-16(15)19-8-10-20(11-9-19)17(22)13-4-3-5-14(12-13)21(23)24/h1-7,12H,8-11H2. The second kappa shape index (κ2) is 6.88. The van der Waals surface area contributed by atoms with Crippen LogP contribution in [0.25, 0.3) is 0 Å². The number of halogens is 1. The van der Waals surface area contributed by atoms with Gasteiger partial charge in [0.2, 0.25) is 0 Å². The van der Waals surface area contributed by atoms with Crippen LogP contribution in [0.4, 0.5) is 11.4 Å². The van der Waals surface area contributed by atoms with Crippen LogP contribution in [0.3, 0.4) is 0 Å². The number of nitrogens with zero attached hydrogens (tertiary/aromatic N) is 3. The highest BCUT2D eigenvalue weighted by Gasteiger charge is 2.24. The Morgan fingerprint density at radius 3 is 2.42 bits per heavy atom. The Hall–Kier alpha value is -2.60. The van der Waals surface area contributed by atoms with E-state index in [1.165, 1.54) is 18.2 Å². The van der Waals surface area contributed by atoms with E-state index in [4.69, 9.17) is 11.6 Å². The van der Waals surface area contributed by atoms with Crippen LogP contribution in [0.5, 0.6) is 0 Å². The zero-order valence-electron chi connectivity index (χ0n) is 12.9. The van der Waals surface area contributed by atoms with Crippen molar-refractivity contribution < 1.29 is 9.72 Å². The highest BCUT2D eigenvalue weighted by molar-refractivity contribution is 6.33. The van der Waals surface area contributed by atoms with Gasteiger partial charge in [-0.1, -0.05) is 29.8 Å². The zero-order valence-corrected chi connectivity index (χ0v) is 13.6. The summed E-state index contributed by atoms with van der Waals surface area (Å²) in [4.78, 5) is 26.7. The number of amides is 1. The number of benzene rings is 2. The smallest absolute Gasteiger partial charge is 0.270 e. The molecule has 3 rings (SSSR count). The highest BCUT2D eigenvalue weighted by Crippen LogP contribution is 2.26. The number of anilines is 1. The third kappa shape index (κ3) is 3.33. The molecule has 1 saturated heterocycles.